The third-order valence-electron chi connectivity index (χ3n) is 3.36. The van der Waals surface area contributed by atoms with Crippen LogP contribution in [0.25, 0.3) is 0 Å². The van der Waals surface area contributed by atoms with E-state index in [2.05, 4.69) is 9.88 Å². The number of nitrogens with zero attached hydrogens (tertiary/aromatic N) is 3. The third-order valence-corrected chi connectivity index (χ3v) is 3.57. The second kappa shape index (κ2) is 7.36. The number of anilines is 1. The Kier molecular flexibility index (Phi) is 5.70. The van der Waals surface area contributed by atoms with Gasteiger partial charge in [0.25, 0.3) is 0 Å². The number of morpholine rings is 1. The summed E-state index contributed by atoms with van der Waals surface area (Å²) in [6.45, 7) is 8.83. The quantitative estimate of drug-likeness (QED) is 0.791. The number of halogens is 1. The van der Waals surface area contributed by atoms with Crippen LogP contribution in [0, 0.1) is 0 Å². The van der Waals surface area contributed by atoms with Gasteiger partial charge in [-0.2, -0.15) is 0 Å². The van der Waals surface area contributed by atoms with Crippen LogP contribution < -0.4 is 4.90 Å². The molecule has 0 saturated carbocycles. The number of pyridine rings is 1. The maximum Gasteiger partial charge on any atom is 0.410 e. The van der Waals surface area contributed by atoms with Gasteiger partial charge in [-0.25, -0.2) is 9.78 Å². The van der Waals surface area contributed by atoms with Crippen molar-refractivity contribution < 1.29 is 14.3 Å². The van der Waals surface area contributed by atoms with Crippen molar-refractivity contribution >= 4 is 23.4 Å². The van der Waals surface area contributed by atoms with Crippen LogP contribution in [0.2, 0.25) is 5.15 Å². The number of rotatable bonds is 3. The van der Waals surface area contributed by atoms with Crippen molar-refractivity contribution in [1.29, 1.82) is 0 Å². The molecule has 0 radical (unpaired) electrons. The zero-order chi connectivity index (χ0) is 17.0. The Morgan fingerprint density at radius 1 is 1.39 bits per heavy atom. The van der Waals surface area contributed by atoms with E-state index in [9.17, 15) is 4.79 Å². The lowest BCUT2D eigenvalue weighted by molar-refractivity contribution is 0.0283. The molecule has 1 amide bonds. The van der Waals surface area contributed by atoms with Crippen molar-refractivity contribution in [2.45, 2.75) is 32.9 Å². The van der Waals surface area contributed by atoms with Gasteiger partial charge in [0.2, 0.25) is 0 Å². The molecule has 0 atom stereocenters. The largest absolute Gasteiger partial charge is 0.444 e. The van der Waals surface area contributed by atoms with Crippen molar-refractivity contribution in [3.63, 3.8) is 0 Å². The second-order valence-electron chi connectivity index (χ2n) is 6.54. The van der Waals surface area contributed by atoms with Crippen molar-refractivity contribution in [2.24, 2.45) is 0 Å². The van der Waals surface area contributed by atoms with Gasteiger partial charge >= 0.3 is 6.09 Å². The lowest BCUT2D eigenvalue weighted by Gasteiger charge is -2.31. The summed E-state index contributed by atoms with van der Waals surface area (Å²) in [6.07, 6.45) is -0.382. The molecule has 0 unspecified atom stereocenters. The van der Waals surface area contributed by atoms with Gasteiger partial charge in [-0.15, -0.1) is 0 Å². The summed E-state index contributed by atoms with van der Waals surface area (Å²) in [5.74, 6) is 0. The maximum absolute atomic E-state index is 12.1. The van der Waals surface area contributed by atoms with Crippen LogP contribution in [0.4, 0.5) is 10.5 Å². The van der Waals surface area contributed by atoms with Crippen molar-refractivity contribution in [1.82, 2.24) is 9.88 Å². The number of carbonyl (C=O) groups is 1. The van der Waals surface area contributed by atoms with E-state index in [1.165, 1.54) is 4.90 Å². The van der Waals surface area contributed by atoms with Crippen LogP contribution in [0.3, 0.4) is 0 Å². The number of amides is 1. The molecular weight excluding hydrogens is 318 g/mol. The molecule has 0 spiro atoms. The Morgan fingerprint density at radius 2 is 2.04 bits per heavy atom. The number of aromatic nitrogens is 1. The highest BCUT2D eigenvalue weighted by atomic mass is 35.5. The molecule has 128 valence electrons. The monoisotopic (exact) mass is 341 g/mol. The summed E-state index contributed by atoms with van der Waals surface area (Å²) in [5, 5.41) is 0.412. The molecule has 1 aliphatic rings. The van der Waals surface area contributed by atoms with E-state index in [1.807, 2.05) is 26.8 Å². The Labute approximate surface area is 142 Å². The van der Waals surface area contributed by atoms with E-state index in [-0.39, 0.29) is 6.09 Å². The summed E-state index contributed by atoms with van der Waals surface area (Å²) in [4.78, 5) is 20.3. The number of hydrogen-bond donors (Lipinski definition) is 0. The first-order valence-corrected chi connectivity index (χ1v) is 8.06. The summed E-state index contributed by atoms with van der Waals surface area (Å²) in [6, 6.07) is 3.71. The molecule has 1 fully saturated rings. The standard InChI is InChI=1S/C16H24ClN3O3/c1-16(2,3)23-15(21)19(4)11-12-13(5-6-14(17)18-12)20-7-9-22-10-8-20/h5-6H,7-11H2,1-4H3. The molecule has 1 aliphatic heterocycles. The molecule has 1 aromatic heterocycles. The summed E-state index contributed by atoms with van der Waals surface area (Å²) in [7, 11) is 1.69. The van der Waals surface area contributed by atoms with Gasteiger partial charge in [-0.1, -0.05) is 11.6 Å². The minimum atomic E-state index is -0.528. The number of hydrogen-bond acceptors (Lipinski definition) is 5. The zero-order valence-electron chi connectivity index (χ0n) is 14.1. The normalized spacial score (nSPS) is 15.4. The molecule has 0 aromatic carbocycles. The molecule has 7 heteroatoms. The van der Waals surface area contributed by atoms with E-state index >= 15 is 0 Å². The Bertz CT molecular complexity index is 554. The van der Waals surface area contributed by atoms with Crippen LogP contribution >= 0.6 is 11.6 Å². The summed E-state index contributed by atoms with van der Waals surface area (Å²) < 4.78 is 10.8. The molecule has 2 rings (SSSR count). The van der Waals surface area contributed by atoms with Crippen molar-refractivity contribution in [3.8, 4) is 0 Å². The van der Waals surface area contributed by atoms with E-state index in [0.717, 1.165) is 24.5 Å². The lowest BCUT2D eigenvalue weighted by Crippen LogP contribution is -2.38. The predicted molar refractivity (Wildman–Crippen MR) is 90.0 cm³/mol. The second-order valence-corrected chi connectivity index (χ2v) is 6.92. The molecule has 0 N–H and O–H groups in total. The average molecular weight is 342 g/mol. The highest BCUT2D eigenvalue weighted by molar-refractivity contribution is 6.29. The van der Waals surface area contributed by atoms with Crippen LogP contribution in [-0.2, 0) is 16.0 Å². The van der Waals surface area contributed by atoms with Gasteiger partial charge < -0.3 is 19.3 Å². The van der Waals surface area contributed by atoms with E-state index in [0.29, 0.717) is 24.9 Å². The molecule has 0 bridgehead atoms. The molecule has 1 saturated heterocycles. The molecule has 0 aliphatic carbocycles. The van der Waals surface area contributed by atoms with Crippen molar-refractivity contribution in [3.05, 3.63) is 23.0 Å². The van der Waals surface area contributed by atoms with Gasteiger partial charge in [0.1, 0.15) is 10.8 Å². The summed E-state index contributed by atoms with van der Waals surface area (Å²) >= 11 is 6.04. The van der Waals surface area contributed by atoms with Gasteiger partial charge in [0, 0.05) is 20.1 Å². The van der Waals surface area contributed by atoms with Crippen LogP contribution in [0.5, 0.6) is 0 Å². The van der Waals surface area contributed by atoms with Gasteiger partial charge in [0.15, 0.2) is 0 Å². The van der Waals surface area contributed by atoms with Crippen LogP contribution in [0.15, 0.2) is 12.1 Å². The predicted octanol–water partition coefficient (Wildman–Crippen LogP) is 2.94. The van der Waals surface area contributed by atoms with E-state index in [1.54, 1.807) is 13.1 Å². The SMILES string of the molecule is CN(Cc1nc(Cl)ccc1N1CCOCC1)C(=O)OC(C)(C)C. The summed E-state index contributed by atoms with van der Waals surface area (Å²) in [5.41, 5.74) is 1.21. The molecular formula is C16H24ClN3O3. The highest BCUT2D eigenvalue weighted by Gasteiger charge is 2.22. The fourth-order valence-corrected chi connectivity index (χ4v) is 2.47. The van der Waals surface area contributed by atoms with Crippen LogP contribution in [0.1, 0.15) is 26.5 Å². The van der Waals surface area contributed by atoms with Gasteiger partial charge in [0.05, 0.1) is 31.1 Å². The fourth-order valence-electron chi connectivity index (χ4n) is 2.30. The molecule has 1 aromatic rings. The number of ether oxygens (including phenoxy) is 2. The Balaban J connectivity index is 2.14. The van der Waals surface area contributed by atoms with Crippen LogP contribution in [-0.4, -0.2) is 54.9 Å². The molecule has 2 heterocycles. The first-order chi connectivity index (χ1) is 10.8. The fraction of sp³-hybridized carbons (Fsp3) is 0.625. The highest BCUT2D eigenvalue weighted by Crippen LogP contribution is 2.24. The Morgan fingerprint density at radius 3 is 2.65 bits per heavy atom. The molecule has 6 nitrogen and oxygen atoms in total. The minimum Gasteiger partial charge on any atom is -0.444 e. The van der Waals surface area contributed by atoms with E-state index in [4.69, 9.17) is 21.1 Å². The first-order valence-electron chi connectivity index (χ1n) is 7.68. The topological polar surface area (TPSA) is 54.9 Å². The zero-order valence-corrected chi connectivity index (χ0v) is 14.9. The minimum absolute atomic E-state index is 0.335. The van der Waals surface area contributed by atoms with Crippen molar-refractivity contribution in [2.75, 3.05) is 38.3 Å². The third kappa shape index (κ3) is 5.25. The number of carbonyl (C=O) groups excluding carboxylic acids is 1. The van der Waals surface area contributed by atoms with E-state index < -0.39 is 5.60 Å². The Hall–Kier alpha value is -1.53. The van der Waals surface area contributed by atoms with Gasteiger partial charge in [-0.3, -0.25) is 0 Å². The maximum atomic E-state index is 12.1. The smallest absolute Gasteiger partial charge is 0.410 e. The van der Waals surface area contributed by atoms with Gasteiger partial charge in [-0.05, 0) is 32.9 Å². The molecule has 23 heavy (non-hydrogen) atoms. The average Bonchev–Trinajstić information content (AvgIpc) is 2.46. The first kappa shape index (κ1) is 17.8. The lowest BCUT2D eigenvalue weighted by atomic mass is 10.2.